The van der Waals surface area contributed by atoms with Gasteiger partial charge in [0.05, 0.1) is 0 Å². The van der Waals surface area contributed by atoms with Gasteiger partial charge in [-0.1, -0.05) is 13.0 Å². The number of rotatable bonds is 4. The van der Waals surface area contributed by atoms with Gasteiger partial charge < -0.3 is 10.2 Å². The van der Waals surface area contributed by atoms with Gasteiger partial charge in [0.1, 0.15) is 5.82 Å². The fourth-order valence-electron chi connectivity index (χ4n) is 2.45. The molecule has 2 rings (SSSR count). The molecule has 1 fully saturated rings. The van der Waals surface area contributed by atoms with E-state index in [1.165, 1.54) is 24.8 Å². The van der Waals surface area contributed by atoms with E-state index in [0.717, 1.165) is 25.5 Å². The minimum absolute atomic E-state index is 0.610. The lowest BCUT2D eigenvalue weighted by Crippen LogP contribution is -2.46. The second kappa shape index (κ2) is 6.01. The molecule has 1 aliphatic rings. The Bertz CT molecular complexity index is 328. The minimum atomic E-state index is 0.610. The van der Waals surface area contributed by atoms with Crippen molar-refractivity contribution in [2.45, 2.75) is 39.2 Å². The molecule has 3 heteroatoms. The molecule has 1 saturated heterocycles. The lowest BCUT2D eigenvalue weighted by atomic mass is 10.1. The summed E-state index contributed by atoms with van der Waals surface area (Å²) in [6.07, 6.45) is 5.69. The Hall–Kier alpha value is -1.09. The summed E-state index contributed by atoms with van der Waals surface area (Å²) in [6, 6.07) is 4.92. The van der Waals surface area contributed by atoms with Crippen LogP contribution in [0.4, 0.5) is 5.82 Å². The fourth-order valence-corrected chi connectivity index (χ4v) is 2.45. The van der Waals surface area contributed by atoms with Crippen LogP contribution in [-0.2, 0) is 0 Å². The number of hydrogen-bond acceptors (Lipinski definition) is 3. The van der Waals surface area contributed by atoms with Crippen molar-refractivity contribution in [2.24, 2.45) is 0 Å². The number of hydrogen-bond donors (Lipinski definition) is 1. The number of aromatic nitrogens is 1. The van der Waals surface area contributed by atoms with E-state index in [-0.39, 0.29) is 0 Å². The van der Waals surface area contributed by atoms with Gasteiger partial charge in [-0.15, -0.1) is 0 Å². The summed E-state index contributed by atoms with van der Waals surface area (Å²) in [5, 5.41) is 3.49. The third-order valence-corrected chi connectivity index (χ3v) is 3.37. The molecule has 0 amide bonds. The molecule has 0 radical (unpaired) electrons. The molecule has 17 heavy (non-hydrogen) atoms. The first-order valence-electron chi connectivity index (χ1n) is 6.71. The summed E-state index contributed by atoms with van der Waals surface area (Å²) in [4.78, 5) is 7.03. The third-order valence-electron chi connectivity index (χ3n) is 3.37. The Morgan fingerprint density at radius 1 is 1.47 bits per heavy atom. The number of nitrogens with zero attached hydrogens (tertiary/aromatic N) is 2. The number of nitrogens with one attached hydrogen (secondary N) is 1. The summed E-state index contributed by atoms with van der Waals surface area (Å²) in [7, 11) is 0. The Morgan fingerprint density at radius 2 is 2.35 bits per heavy atom. The van der Waals surface area contributed by atoms with Crippen LogP contribution in [0.2, 0.25) is 0 Å². The summed E-state index contributed by atoms with van der Waals surface area (Å²) >= 11 is 0. The highest BCUT2D eigenvalue weighted by atomic mass is 15.2. The van der Waals surface area contributed by atoms with Crippen LogP contribution in [0.5, 0.6) is 0 Å². The maximum atomic E-state index is 4.57. The number of piperidine rings is 1. The van der Waals surface area contributed by atoms with Crippen molar-refractivity contribution in [1.29, 1.82) is 0 Å². The van der Waals surface area contributed by atoms with E-state index >= 15 is 0 Å². The predicted octanol–water partition coefficient (Wildman–Crippen LogP) is 2.36. The van der Waals surface area contributed by atoms with Gasteiger partial charge in [-0.3, -0.25) is 0 Å². The maximum absolute atomic E-state index is 4.57. The van der Waals surface area contributed by atoms with E-state index in [9.17, 15) is 0 Å². The molecule has 3 nitrogen and oxygen atoms in total. The minimum Gasteiger partial charge on any atom is -0.352 e. The standard InChI is InChI=1S/C14H23N3/c1-3-9-17(13-5-4-8-15-11-13)14-7-6-12(2)10-16-14/h6-7,10,13,15H,3-5,8-9,11H2,1-2H3. The van der Waals surface area contributed by atoms with Crippen molar-refractivity contribution in [2.75, 3.05) is 24.5 Å². The zero-order chi connectivity index (χ0) is 12.1. The van der Waals surface area contributed by atoms with Gasteiger partial charge in [0.15, 0.2) is 0 Å². The van der Waals surface area contributed by atoms with E-state index in [4.69, 9.17) is 0 Å². The Kier molecular flexibility index (Phi) is 4.37. The molecule has 94 valence electrons. The van der Waals surface area contributed by atoms with Crippen molar-refractivity contribution in [3.8, 4) is 0 Å². The zero-order valence-electron chi connectivity index (χ0n) is 10.9. The Balaban J connectivity index is 2.12. The summed E-state index contributed by atoms with van der Waals surface area (Å²) in [6.45, 7) is 7.68. The Morgan fingerprint density at radius 3 is 2.94 bits per heavy atom. The van der Waals surface area contributed by atoms with Crippen molar-refractivity contribution in [1.82, 2.24) is 10.3 Å². The highest BCUT2D eigenvalue weighted by Gasteiger charge is 2.21. The first-order valence-corrected chi connectivity index (χ1v) is 6.71. The summed E-state index contributed by atoms with van der Waals surface area (Å²) in [5.74, 6) is 1.13. The normalized spacial score (nSPS) is 20.2. The number of pyridine rings is 1. The quantitative estimate of drug-likeness (QED) is 0.865. The summed E-state index contributed by atoms with van der Waals surface area (Å²) < 4.78 is 0. The van der Waals surface area contributed by atoms with Gasteiger partial charge in [0.25, 0.3) is 0 Å². The molecule has 2 heterocycles. The van der Waals surface area contributed by atoms with E-state index < -0.39 is 0 Å². The van der Waals surface area contributed by atoms with Crippen LogP contribution in [0, 0.1) is 6.92 Å². The molecule has 1 aromatic heterocycles. The van der Waals surface area contributed by atoms with Crippen molar-refractivity contribution < 1.29 is 0 Å². The number of aryl methyl sites for hydroxylation is 1. The number of anilines is 1. The fraction of sp³-hybridized carbons (Fsp3) is 0.643. The Labute approximate surface area is 104 Å². The van der Waals surface area contributed by atoms with Crippen LogP contribution >= 0.6 is 0 Å². The first-order chi connectivity index (χ1) is 8.31. The molecule has 1 aliphatic heterocycles. The van der Waals surface area contributed by atoms with Crippen LogP contribution in [-0.4, -0.2) is 30.7 Å². The van der Waals surface area contributed by atoms with Gasteiger partial charge in [0, 0.05) is 25.3 Å². The first kappa shape index (κ1) is 12.4. The molecule has 1 atom stereocenters. The third kappa shape index (κ3) is 3.19. The lowest BCUT2D eigenvalue weighted by Gasteiger charge is -2.35. The molecule has 1 N–H and O–H groups in total. The molecule has 0 bridgehead atoms. The van der Waals surface area contributed by atoms with Gasteiger partial charge in [-0.25, -0.2) is 4.98 Å². The van der Waals surface area contributed by atoms with Crippen LogP contribution in [0.25, 0.3) is 0 Å². The van der Waals surface area contributed by atoms with Gasteiger partial charge in [-0.2, -0.15) is 0 Å². The second-order valence-electron chi connectivity index (χ2n) is 4.89. The van der Waals surface area contributed by atoms with Crippen LogP contribution in [0.3, 0.4) is 0 Å². The molecule has 1 unspecified atom stereocenters. The van der Waals surface area contributed by atoms with Crippen molar-refractivity contribution >= 4 is 5.82 Å². The smallest absolute Gasteiger partial charge is 0.128 e. The van der Waals surface area contributed by atoms with Gasteiger partial charge in [0.2, 0.25) is 0 Å². The van der Waals surface area contributed by atoms with E-state index in [1.807, 2.05) is 6.20 Å². The van der Waals surface area contributed by atoms with Crippen LogP contribution < -0.4 is 10.2 Å². The molecule has 0 aliphatic carbocycles. The highest BCUT2D eigenvalue weighted by Crippen LogP contribution is 2.19. The van der Waals surface area contributed by atoms with Gasteiger partial charge in [-0.05, 0) is 44.4 Å². The largest absolute Gasteiger partial charge is 0.352 e. The maximum Gasteiger partial charge on any atom is 0.128 e. The molecular formula is C14H23N3. The van der Waals surface area contributed by atoms with Gasteiger partial charge >= 0.3 is 0 Å². The molecule has 0 aromatic carbocycles. The molecule has 0 saturated carbocycles. The molecular weight excluding hydrogens is 210 g/mol. The topological polar surface area (TPSA) is 28.2 Å². The van der Waals surface area contributed by atoms with E-state index in [1.54, 1.807) is 0 Å². The van der Waals surface area contributed by atoms with E-state index in [2.05, 4.69) is 41.2 Å². The average Bonchev–Trinajstić information content (AvgIpc) is 2.38. The monoisotopic (exact) mass is 233 g/mol. The van der Waals surface area contributed by atoms with Crippen LogP contribution in [0.15, 0.2) is 18.3 Å². The highest BCUT2D eigenvalue weighted by molar-refractivity contribution is 5.40. The van der Waals surface area contributed by atoms with E-state index in [0.29, 0.717) is 6.04 Å². The predicted molar refractivity (Wildman–Crippen MR) is 72.5 cm³/mol. The zero-order valence-corrected chi connectivity index (χ0v) is 10.9. The van der Waals surface area contributed by atoms with Crippen LogP contribution in [0.1, 0.15) is 31.7 Å². The second-order valence-corrected chi connectivity index (χ2v) is 4.89. The lowest BCUT2D eigenvalue weighted by molar-refractivity contribution is 0.429. The summed E-state index contributed by atoms with van der Waals surface area (Å²) in [5.41, 5.74) is 1.23. The van der Waals surface area contributed by atoms with Crippen molar-refractivity contribution in [3.05, 3.63) is 23.9 Å². The molecule has 0 spiro atoms. The molecule has 1 aromatic rings. The van der Waals surface area contributed by atoms with Crippen molar-refractivity contribution in [3.63, 3.8) is 0 Å². The SMILES string of the molecule is CCCN(c1ccc(C)cn1)C1CCCNC1. The average molecular weight is 233 g/mol.